The molecule has 3 heteroatoms. The number of carbonyl (C=O) groups is 1. The van der Waals surface area contributed by atoms with E-state index >= 15 is 0 Å². The lowest BCUT2D eigenvalue weighted by Crippen LogP contribution is -2.37. The van der Waals surface area contributed by atoms with Crippen LogP contribution >= 0.6 is 0 Å². The van der Waals surface area contributed by atoms with E-state index in [1.807, 2.05) is 6.92 Å². The summed E-state index contributed by atoms with van der Waals surface area (Å²) in [7, 11) is 0. The lowest BCUT2D eigenvalue weighted by molar-refractivity contribution is -0.125. The molecular weight excluding hydrogens is 178 g/mol. The van der Waals surface area contributed by atoms with Crippen molar-refractivity contribution in [1.29, 1.82) is 0 Å². The van der Waals surface area contributed by atoms with E-state index in [1.54, 1.807) is 0 Å². The standard InChI is InChI=1S/C11H19NO2/c1-8-6-9(7-14-8)11(13)12-10-4-2-3-5-10/h8-10H,2-7H2,1H3,(H,12,13). The van der Waals surface area contributed by atoms with Crippen molar-refractivity contribution in [2.45, 2.75) is 51.2 Å². The number of amides is 1. The van der Waals surface area contributed by atoms with Crippen LogP contribution in [0.4, 0.5) is 0 Å². The Kier molecular flexibility index (Phi) is 3.06. The maximum Gasteiger partial charge on any atom is 0.225 e. The van der Waals surface area contributed by atoms with Crippen molar-refractivity contribution in [2.75, 3.05) is 6.61 Å². The molecule has 0 radical (unpaired) electrons. The molecule has 2 aliphatic rings. The second kappa shape index (κ2) is 4.30. The lowest BCUT2D eigenvalue weighted by Gasteiger charge is -2.14. The minimum absolute atomic E-state index is 0.102. The Balaban J connectivity index is 1.77. The van der Waals surface area contributed by atoms with Crippen molar-refractivity contribution < 1.29 is 9.53 Å². The first-order chi connectivity index (χ1) is 6.75. The Morgan fingerprint density at radius 1 is 1.36 bits per heavy atom. The molecule has 1 amide bonds. The molecule has 2 atom stereocenters. The summed E-state index contributed by atoms with van der Waals surface area (Å²) < 4.78 is 5.39. The van der Waals surface area contributed by atoms with Gasteiger partial charge in [-0.3, -0.25) is 4.79 Å². The second-order valence-corrected chi connectivity index (χ2v) is 4.57. The van der Waals surface area contributed by atoms with E-state index in [1.165, 1.54) is 12.8 Å². The molecule has 0 aromatic carbocycles. The highest BCUT2D eigenvalue weighted by Crippen LogP contribution is 2.22. The van der Waals surface area contributed by atoms with Crippen molar-refractivity contribution in [3.05, 3.63) is 0 Å². The predicted octanol–water partition coefficient (Wildman–Crippen LogP) is 1.47. The van der Waals surface area contributed by atoms with Crippen LogP contribution in [-0.4, -0.2) is 24.7 Å². The smallest absolute Gasteiger partial charge is 0.225 e. The molecule has 1 aliphatic carbocycles. The largest absolute Gasteiger partial charge is 0.378 e. The SMILES string of the molecule is CC1CC(C(=O)NC2CCCC2)CO1. The molecule has 2 rings (SSSR count). The summed E-state index contributed by atoms with van der Waals surface area (Å²) in [4.78, 5) is 11.8. The average Bonchev–Trinajstić information content (AvgIpc) is 2.75. The number of rotatable bonds is 2. The van der Waals surface area contributed by atoms with E-state index in [2.05, 4.69) is 5.32 Å². The van der Waals surface area contributed by atoms with Crippen molar-refractivity contribution >= 4 is 5.91 Å². The molecule has 1 saturated carbocycles. The topological polar surface area (TPSA) is 38.3 Å². The Hall–Kier alpha value is -0.570. The molecular formula is C11H19NO2. The van der Waals surface area contributed by atoms with Crippen molar-refractivity contribution in [2.24, 2.45) is 5.92 Å². The summed E-state index contributed by atoms with van der Waals surface area (Å²) in [6.45, 7) is 2.64. The third-order valence-corrected chi connectivity index (χ3v) is 3.27. The number of ether oxygens (including phenoxy) is 1. The molecule has 0 aromatic rings. The second-order valence-electron chi connectivity index (χ2n) is 4.57. The molecule has 80 valence electrons. The molecule has 2 fully saturated rings. The van der Waals surface area contributed by atoms with Crippen molar-refractivity contribution in [3.8, 4) is 0 Å². The first kappa shape index (κ1) is 9.97. The average molecular weight is 197 g/mol. The van der Waals surface area contributed by atoms with Gasteiger partial charge in [0, 0.05) is 6.04 Å². The third-order valence-electron chi connectivity index (χ3n) is 3.27. The molecule has 1 heterocycles. The van der Waals surface area contributed by atoms with Crippen LogP contribution in [0.2, 0.25) is 0 Å². The number of hydrogen-bond donors (Lipinski definition) is 1. The highest BCUT2D eigenvalue weighted by molar-refractivity contribution is 5.79. The van der Waals surface area contributed by atoms with E-state index in [-0.39, 0.29) is 17.9 Å². The summed E-state index contributed by atoms with van der Waals surface area (Å²) in [5.41, 5.74) is 0. The molecule has 1 aliphatic heterocycles. The molecule has 2 unspecified atom stereocenters. The van der Waals surface area contributed by atoms with Crippen LogP contribution in [0.3, 0.4) is 0 Å². The summed E-state index contributed by atoms with van der Waals surface area (Å²) in [6, 6.07) is 0.443. The van der Waals surface area contributed by atoms with E-state index in [0.29, 0.717) is 12.6 Å². The zero-order valence-corrected chi connectivity index (χ0v) is 8.79. The van der Waals surface area contributed by atoms with Crippen LogP contribution in [0.5, 0.6) is 0 Å². The molecule has 0 aromatic heterocycles. The molecule has 1 N–H and O–H groups in total. The van der Waals surface area contributed by atoms with Gasteiger partial charge in [0.25, 0.3) is 0 Å². The van der Waals surface area contributed by atoms with Gasteiger partial charge in [0.05, 0.1) is 18.6 Å². The Morgan fingerprint density at radius 3 is 2.64 bits per heavy atom. The summed E-state index contributed by atoms with van der Waals surface area (Å²) >= 11 is 0. The molecule has 3 nitrogen and oxygen atoms in total. The van der Waals surface area contributed by atoms with E-state index in [0.717, 1.165) is 19.3 Å². The van der Waals surface area contributed by atoms with E-state index in [4.69, 9.17) is 4.74 Å². The quantitative estimate of drug-likeness (QED) is 0.728. The van der Waals surface area contributed by atoms with E-state index in [9.17, 15) is 4.79 Å². The molecule has 0 spiro atoms. The first-order valence-corrected chi connectivity index (χ1v) is 5.67. The molecule has 1 saturated heterocycles. The van der Waals surface area contributed by atoms with Crippen LogP contribution in [0.25, 0.3) is 0 Å². The Labute approximate surface area is 85.2 Å². The van der Waals surface area contributed by atoms with Gasteiger partial charge in [-0.2, -0.15) is 0 Å². The monoisotopic (exact) mass is 197 g/mol. The van der Waals surface area contributed by atoms with Gasteiger partial charge in [-0.05, 0) is 26.2 Å². The number of nitrogens with one attached hydrogen (secondary N) is 1. The van der Waals surface area contributed by atoms with Crippen molar-refractivity contribution in [1.82, 2.24) is 5.32 Å². The van der Waals surface area contributed by atoms with Gasteiger partial charge in [-0.15, -0.1) is 0 Å². The van der Waals surface area contributed by atoms with Gasteiger partial charge in [0.2, 0.25) is 5.91 Å². The van der Waals surface area contributed by atoms with Gasteiger partial charge in [0.15, 0.2) is 0 Å². The lowest BCUT2D eigenvalue weighted by atomic mass is 10.0. The molecule has 0 bridgehead atoms. The van der Waals surface area contributed by atoms with Crippen LogP contribution in [0.15, 0.2) is 0 Å². The van der Waals surface area contributed by atoms with Crippen LogP contribution in [0, 0.1) is 5.92 Å². The van der Waals surface area contributed by atoms with Gasteiger partial charge in [-0.25, -0.2) is 0 Å². The number of carbonyl (C=O) groups excluding carboxylic acids is 1. The Bertz CT molecular complexity index is 211. The fraction of sp³-hybridized carbons (Fsp3) is 0.909. The minimum atomic E-state index is 0.102. The van der Waals surface area contributed by atoms with Gasteiger partial charge in [0.1, 0.15) is 0 Å². The third kappa shape index (κ3) is 2.27. The highest BCUT2D eigenvalue weighted by Gasteiger charge is 2.29. The maximum atomic E-state index is 11.8. The maximum absolute atomic E-state index is 11.8. The predicted molar refractivity (Wildman–Crippen MR) is 53.9 cm³/mol. The Morgan fingerprint density at radius 2 is 2.07 bits per heavy atom. The van der Waals surface area contributed by atoms with Gasteiger partial charge in [-0.1, -0.05) is 12.8 Å². The normalized spacial score (nSPS) is 33.5. The summed E-state index contributed by atoms with van der Waals surface area (Å²) in [6.07, 6.45) is 6.00. The van der Waals surface area contributed by atoms with Gasteiger partial charge >= 0.3 is 0 Å². The first-order valence-electron chi connectivity index (χ1n) is 5.67. The fourth-order valence-electron chi connectivity index (χ4n) is 2.39. The van der Waals surface area contributed by atoms with Gasteiger partial charge < -0.3 is 10.1 Å². The zero-order valence-electron chi connectivity index (χ0n) is 8.79. The fourth-order valence-corrected chi connectivity index (χ4v) is 2.39. The van der Waals surface area contributed by atoms with Crippen LogP contribution < -0.4 is 5.32 Å². The molecule has 14 heavy (non-hydrogen) atoms. The van der Waals surface area contributed by atoms with E-state index < -0.39 is 0 Å². The van der Waals surface area contributed by atoms with Crippen LogP contribution in [-0.2, 0) is 9.53 Å². The minimum Gasteiger partial charge on any atom is -0.378 e. The summed E-state index contributed by atoms with van der Waals surface area (Å²) in [5, 5.41) is 3.12. The highest BCUT2D eigenvalue weighted by atomic mass is 16.5. The zero-order chi connectivity index (χ0) is 9.97. The number of hydrogen-bond acceptors (Lipinski definition) is 2. The summed E-state index contributed by atoms with van der Waals surface area (Å²) in [5.74, 6) is 0.312. The van der Waals surface area contributed by atoms with Crippen LogP contribution in [0.1, 0.15) is 39.0 Å². The van der Waals surface area contributed by atoms with Crippen molar-refractivity contribution in [3.63, 3.8) is 0 Å².